The van der Waals surface area contributed by atoms with E-state index in [9.17, 15) is 10.2 Å². The van der Waals surface area contributed by atoms with Crippen LogP contribution in [0.5, 0.6) is 11.5 Å². The molecule has 0 aliphatic rings. The summed E-state index contributed by atoms with van der Waals surface area (Å²) in [6, 6.07) is 10.4. The standard InChI is InChI=1S/C16H18N2O4/c1-21-15-5-3-11(9-19)7-13(15)17-18-14-8-12(10-20)4-6-16(14)22-2/h3-8,19-20H,9-10H2,1-2H3. The summed E-state index contributed by atoms with van der Waals surface area (Å²) >= 11 is 0. The molecule has 0 amide bonds. The maximum atomic E-state index is 9.20. The van der Waals surface area contributed by atoms with E-state index in [0.29, 0.717) is 34.0 Å². The number of rotatable bonds is 6. The summed E-state index contributed by atoms with van der Waals surface area (Å²) in [5, 5.41) is 26.7. The number of methoxy groups -OCH3 is 2. The second-order valence-electron chi connectivity index (χ2n) is 4.53. The Morgan fingerprint density at radius 3 is 1.50 bits per heavy atom. The van der Waals surface area contributed by atoms with Crippen LogP contribution >= 0.6 is 0 Å². The van der Waals surface area contributed by atoms with Gasteiger partial charge < -0.3 is 19.7 Å². The minimum atomic E-state index is -0.0875. The molecule has 2 rings (SSSR count). The molecule has 6 nitrogen and oxygen atoms in total. The molecule has 6 heteroatoms. The van der Waals surface area contributed by atoms with Crippen molar-refractivity contribution in [2.45, 2.75) is 13.2 Å². The first-order chi connectivity index (χ1) is 10.7. The molecule has 2 aromatic carbocycles. The highest BCUT2D eigenvalue weighted by Crippen LogP contribution is 2.33. The van der Waals surface area contributed by atoms with Gasteiger partial charge in [0.15, 0.2) is 0 Å². The fourth-order valence-electron chi connectivity index (χ4n) is 1.93. The highest BCUT2D eigenvalue weighted by Gasteiger charge is 2.06. The van der Waals surface area contributed by atoms with Gasteiger partial charge in [-0.05, 0) is 35.4 Å². The van der Waals surface area contributed by atoms with Crippen LogP contribution in [0, 0.1) is 0 Å². The molecule has 0 unspecified atom stereocenters. The average molecular weight is 302 g/mol. The molecule has 0 aliphatic heterocycles. The lowest BCUT2D eigenvalue weighted by molar-refractivity contribution is 0.281. The molecule has 0 spiro atoms. The van der Waals surface area contributed by atoms with Gasteiger partial charge in [-0.2, -0.15) is 0 Å². The van der Waals surface area contributed by atoms with E-state index in [-0.39, 0.29) is 13.2 Å². The first kappa shape index (κ1) is 15.9. The number of aliphatic hydroxyl groups excluding tert-OH is 2. The molecule has 0 bridgehead atoms. The summed E-state index contributed by atoms with van der Waals surface area (Å²) in [5.41, 5.74) is 2.44. The van der Waals surface area contributed by atoms with Crippen molar-refractivity contribution in [2.75, 3.05) is 14.2 Å². The molecule has 2 aromatic rings. The minimum Gasteiger partial charge on any atom is -0.494 e. The van der Waals surface area contributed by atoms with Crippen LogP contribution in [-0.2, 0) is 13.2 Å². The van der Waals surface area contributed by atoms with Gasteiger partial charge in [-0.1, -0.05) is 12.1 Å². The van der Waals surface area contributed by atoms with Crippen molar-refractivity contribution in [3.05, 3.63) is 47.5 Å². The van der Waals surface area contributed by atoms with E-state index in [2.05, 4.69) is 10.2 Å². The van der Waals surface area contributed by atoms with Crippen molar-refractivity contribution < 1.29 is 19.7 Å². The van der Waals surface area contributed by atoms with E-state index in [1.165, 1.54) is 0 Å². The Labute approximate surface area is 128 Å². The monoisotopic (exact) mass is 302 g/mol. The largest absolute Gasteiger partial charge is 0.494 e. The average Bonchev–Trinajstić information content (AvgIpc) is 2.59. The van der Waals surface area contributed by atoms with Gasteiger partial charge in [0.05, 0.1) is 27.4 Å². The van der Waals surface area contributed by atoms with Gasteiger partial charge in [0.2, 0.25) is 0 Å². The van der Waals surface area contributed by atoms with Gasteiger partial charge in [0.1, 0.15) is 22.9 Å². The van der Waals surface area contributed by atoms with Gasteiger partial charge >= 0.3 is 0 Å². The molecule has 2 N–H and O–H groups in total. The Hall–Kier alpha value is -2.44. The topological polar surface area (TPSA) is 83.6 Å². The van der Waals surface area contributed by atoms with Crippen LogP contribution in [0.4, 0.5) is 11.4 Å². The lowest BCUT2D eigenvalue weighted by atomic mass is 10.2. The van der Waals surface area contributed by atoms with Crippen LogP contribution in [0.1, 0.15) is 11.1 Å². The third-order valence-electron chi connectivity index (χ3n) is 3.12. The molecule has 0 atom stereocenters. The van der Waals surface area contributed by atoms with E-state index in [4.69, 9.17) is 9.47 Å². The summed E-state index contributed by atoms with van der Waals surface area (Å²) in [6.45, 7) is -0.175. The molecule has 0 fully saturated rings. The molecule has 0 aromatic heterocycles. The molecule has 0 saturated heterocycles. The predicted molar refractivity (Wildman–Crippen MR) is 82.0 cm³/mol. The van der Waals surface area contributed by atoms with Crippen LogP contribution in [0.15, 0.2) is 46.6 Å². The van der Waals surface area contributed by atoms with Crippen molar-refractivity contribution in [3.63, 3.8) is 0 Å². The van der Waals surface area contributed by atoms with Gasteiger partial charge in [-0.15, -0.1) is 10.2 Å². The Morgan fingerprint density at radius 1 is 0.773 bits per heavy atom. The smallest absolute Gasteiger partial charge is 0.146 e. The zero-order valence-electron chi connectivity index (χ0n) is 12.5. The number of azo groups is 1. The fraction of sp³-hybridized carbons (Fsp3) is 0.250. The number of aliphatic hydroxyl groups is 2. The maximum absolute atomic E-state index is 9.20. The summed E-state index contributed by atoms with van der Waals surface area (Å²) in [5.74, 6) is 1.11. The van der Waals surface area contributed by atoms with E-state index in [1.54, 1.807) is 50.6 Å². The zero-order valence-corrected chi connectivity index (χ0v) is 12.5. The van der Waals surface area contributed by atoms with E-state index >= 15 is 0 Å². The number of nitrogens with zero attached hydrogens (tertiary/aromatic N) is 2. The summed E-state index contributed by atoms with van der Waals surface area (Å²) in [6.07, 6.45) is 0. The Balaban J connectivity index is 2.39. The van der Waals surface area contributed by atoms with Crippen molar-refractivity contribution >= 4 is 11.4 Å². The van der Waals surface area contributed by atoms with Gasteiger partial charge in [0, 0.05) is 0 Å². The van der Waals surface area contributed by atoms with Gasteiger partial charge in [-0.3, -0.25) is 0 Å². The van der Waals surface area contributed by atoms with Crippen molar-refractivity contribution in [3.8, 4) is 11.5 Å². The Bertz CT molecular complexity index is 614. The number of hydrogen-bond acceptors (Lipinski definition) is 6. The molecular weight excluding hydrogens is 284 g/mol. The maximum Gasteiger partial charge on any atom is 0.146 e. The lowest BCUT2D eigenvalue weighted by Gasteiger charge is -2.07. The quantitative estimate of drug-likeness (QED) is 0.803. The van der Waals surface area contributed by atoms with E-state index < -0.39 is 0 Å². The third kappa shape index (κ3) is 3.60. The lowest BCUT2D eigenvalue weighted by Crippen LogP contribution is -1.88. The highest BCUT2D eigenvalue weighted by atomic mass is 16.5. The second kappa shape index (κ2) is 7.53. The molecule has 116 valence electrons. The van der Waals surface area contributed by atoms with Crippen LogP contribution in [-0.4, -0.2) is 24.4 Å². The number of benzene rings is 2. The van der Waals surface area contributed by atoms with E-state index in [1.807, 2.05) is 0 Å². The second-order valence-corrected chi connectivity index (χ2v) is 4.53. The molecule has 0 heterocycles. The van der Waals surface area contributed by atoms with Crippen LogP contribution < -0.4 is 9.47 Å². The Morgan fingerprint density at radius 2 is 1.18 bits per heavy atom. The third-order valence-corrected chi connectivity index (χ3v) is 3.12. The van der Waals surface area contributed by atoms with Crippen LogP contribution in [0.25, 0.3) is 0 Å². The summed E-state index contributed by atoms with van der Waals surface area (Å²) < 4.78 is 10.5. The molecule has 0 saturated carbocycles. The molecule has 0 aliphatic carbocycles. The number of hydrogen-bond donors (Lipinski definition) is 2. The summed E-state index contributed by atoms with van der Waals surface area (Å²) in [7, 11) is 3.08. The first-order valence-corrected chi connectivity index (χ1v) is 6.69. The van der Waals surface area contributed by atoms with Crippen molar-refractivity contribution in [2.24, 2.45) is 10.2 Å². The first-order valence-electron chi connectivity index (χ1n) is 6.69. The fourth-order valence-corrected chi connectivity index (χ4v) is 1.93. The molecular formula is C16H18N2O4. The number of ether oxygens (including phenoxy) is 2. The highest BCUT2D eigenvalue weighted by molar-refractivity contribution is 5.56. The van der Waals surface area contributed by atoms with E-state index in [0.717, 1.165) is 0 Å². The molecule has 0 radical (unpaired) electrons. The van der Waals surface area contributed by atoms with Crippen LogP contribution in [0.2, 0.25) is 0 Å². The summed E-state index contributed by atoms with van der Waals surface area (Å²) in [4.78, 5) is 0. The Kier molecular flexibility index (Phi) is 5.46. The normalized spacial score (nSPS) is 10.9. The van der Waals surface area contributed by atoms with Crippen molar-refractivity contribution in [1.82, 2.24) is 0 Å². The van der Waals surface area contributed by atoms with Gasteiger partial charge in [-0.25, -0.2) is 0 Å². The SMILES string of the molecule is COc1ccc(CO)cc1N=Nc1cc(CO)ccc1OC. The van der Waals surface area contributed by atoms with Crippen molar-refractivity contribution in [1.29, 1.82) is 0 Å². The predicted octanol–water partition coefficient (Wildman–Crippen LogP) is 3.10. The zero-order chi connectivity index (χ0) is 15.9. The molecule has 22 heavy (non-hydrogen) atoms. The van der Waals surface area contributed by atoms with Crippen LogP contribution in [0.3, 0.4) is 0 Å². The van der Waals surface area contributed by atoms with Gasteiger partial charge in [0.25, 0.3) is 0 Å². The minimum absolute atomic E-state index is 0.0875.